The van der Waals surface area contributed by atoms with Crippen LogP contribution >= 0.6 is 11.8 Å². The van der Waals surface area contributed by atoms with Gasteiger partial charge in [0.05, 0.1) is 0 Å². The van der Waals surface area contributed by atoms with Crippen LogP contribution in [-0.4, -0.2) is 20.6 Å². The Bertz CT molecular complexity index is 233. The highest BCUT2D eigenvalue weighted by Gasteiger charge is 2.41. The number of thioether (sulfide) groups is 1. The van der Waals surface area contributed by atoms with Gasteiger partial charge in [-0.05, 0) is 18.8 Å². The van der Waals surface area contributed by atoms with Crippen LogP contribution in [0.4, 0.5) is 0 Å². The minimum Gasteiger partial charge on any atom is -0.480 e. The summed E-state index contributed by atoms with van der Waals surface area (Å²) in [6, 6.07) is 0. The van der Waals surface area contributed by atoms with Crippen LogP contribution in [0, 0.1) is 5.92 Å². The molecule has 0 rings (SSSR count). The van der Waals surface area contributed by atoms with Crippen molar-refractivity contribution >= 4 is 17.7 Å². The Morgan fingerprint density at radius 3 is 2.06 bits per heavy atom. The Kier molecular flexibility index (Phi) is 5.88. The van der Waals surface area contributed by atoms with Gasteiger partial charge in [-0.3, -0.25) is 4.79 Å². The molecule has 0 aromatic carbocycles. The van der Waals surface area contributed by atoms with Crippen LogP contribution in [0.1, 0.15) is 60.8 Å². The van der Waals surface area contributed by atoms with E-state index in [0.29, 0.717) is 12.3 Å². The first-order valence-corrected chi connectivity index (χ1v) is 6.92. The average molecular weight is 246 g/mol. The number of hydrogen-bond acceptors (Lipinski definition) is 2. The second-order valence-electron chi connectivity index (χ2n) is 5.58. The third kappa shape index (κ3) is 4.77. The van der Waals surface area contributed by atoms with Crippen molar-refractivity contribution in [3.63, 3.8) is 0 Å². The maximum Gasteiger partial charge on any atom is 0.319 e. The quantitative estimate of drug-likeness (QED) is 0.763. The molecule has 0 aliphatic carbocycles. The molecule has 2 unspecified atom stereocenters. The van der Waals surface area contributed by atoms with E-state index in [1.165, 1.54) is 0 Å². The van der Waals surface area contributed by atoms with E-state index < -0.39 is 10.7 Å². The normalized spacial score (nSPS) is 17.9. The van der Waals surface area contributed by atoms with Gasteiger partial charge in [-0.25, -0.2) is 0 Å². The second-order valence-corrected chi connectivity index (χ2v) is 7.80. The molecule has 0 bridgehead atoms. The highest BCUT2D eigenvalue weighted by Crippen LogP contribution is 2.43. The molecule has 1 N–H and O–H groups in total. The van der Waals surface area contributed by atoms with E-state index >= 15 is 0 Å². The fourth-order valence-electron chi connectivity index (χ4n) is 1.83. The molecule has 0 saturated heterocycles. The molecule has 96 valence electrons. The zero-order valence-corrected chi connectivity index (χ0v) is 12.3. The number of hydrogen-bond donors (Lipinski definition) is 1. The molecule has 0 heterocycles. The van der Waals surface area contributed by atoms with Crippen LogP contribution in [0.2, 0.25) is 0 Å². The van der Waals surface area contributed by atoms with Crippen LogP contribution in [-0.2, 0) is 4.79 Å². The topological polar surface area (TPSA) is 37.3 Å². The van der Waals surface area contributed by atoms with Crippen molar-refractivity contribution in [3.05, 3.63) is 0 Å². The Balaban J connectivity index is 4.93. The minimum atomic E-state index is -0.657. The standard InChI is InChI=1S/C13H26O2S/c1-7-10(3)9-13(8-2,11(14)15)16-12(4,5)6/h10H,7-9H2,1-6H3,(H,14,15). The fraction of sp³-hybridized carbons (Fsp3) is 0.923. The van der Waals surface area contributed by atoms with Crippen molar-refractivity contribution in [2.45, 2.75) is 70.3 Å². The van der Waals surface area contributed by atoms with Gasteiger partial charge in [-0.2, -0.15) is 0 Å². The van der Waals surface area contributed by atoms with Crippen LogP contribution in [0.15, 0.2) is 0 Å². The first kappa shape index (κ1) is 15.8. The molecule has 0 fully saturated rings. The Morgan fingerprint density at radius 2 is 1.81 bits per heavy atom. The molecule has 3 heteroatoms. The second kappa shape index (κ2) is 5.95. The maximum absolute atomic E-state index is 11.6. The molecule has 0 aliphatic rings. The van der Waals surface area contributed by atoms with Crippen molar-refractivity contribution in [3.8, 4) is 0 Å². The zero-order valence-electron chi connectivity index (χ0n) is 11.5. The lowest BCUT2D eigenvalue weighted by molar-refractivity contribution is -0.140. The zero-order chi connectivity index (χ0) is 13.0. The molecular weight excluding hydrogens is 220 g/mol. The summed E-state index contributed by atoms with van der Waals surface area (Å²) in [6.07, 6.45) is 2.49. The molecule has 0 aromatic heterocycles. The molecule has 0 radical (unpaired) electrons. The lowest BCUT2D eigenvalue weighted by Crippen LogP contribution is -2.39. The van der Waals surface area contributed by atoms with E-state index in [4.69, 9.17) is 0 Å². The van der Waals surface area contributed by atoms with Gasteiger partial charge >= 0.3 is 5.97 Å². The summed E-state index contributed by atoms with van der Waals surface area (Å²) in [6.45, 7) is 12.5. The van der Waals surface area contributed by atoms with E-state index in [9.17, 15) is 9.90 Å². The summed E-state index contributed by atoms with van der Waals surface area (Å²) in [5.41, 5.74) is 0. The van der Waals surface area contributed by atoms with Crippen LogP contribution < -0.4 is 0 Å². The molecule has 2 atom stereocenters. The molecule has 0 aromatic rings. The predicted octanol–water partition coefficient (Wildman–Crippen LogP) is 4.19. The average Bonchev–Trinajstić information content (AvgIpc) is 2.13. The van der Waals surface area contributed by atoms with Crippen LogP contribution in [0.5, 0.6) is 0 Å². The molecule has 0 amide bonds. The van der Waals surface area contributed by atoms with Crippen molar-refractivity contribution in [1.82, 2.24) is 0 Å². The van der Waals surface area contributed by atoms with Crippen molar-refractivity contribution in [2.24, 2.45) is 5.92 Å². The van der Waals surface area contributed by atoms with Gasteiger partial charge in [-0.15, -0.1) is 11.8 Å². The summed E-state index contributed by atoms with van der Waals surface area (Å²) in [4.78, 5) is 11.6. The molecular formula is C13H26O2S. The lowest BCUT2D eigenvalue weighted by Gasteiger charge is -2.35. The predicted molar refractivity (Wildman–Crippen MR) is 72.1 cm³/mol. The van der Waals surface area contributed by atoms with Crippen molar-refractivity contribution < 1.29 is 9.90 Å². The third-order valence-electron chi connectivity index (χ3n) is 2.84. The number of carboxylic acid groups (broad SMARTS) is 1. The van der Waals surface area contributed by atoms with E-state index in [1.54, 1.807) is 11.8 Å². The maximum atomic E-state index is 11.6. The van der Waals surface area contributed by atoms with Gasteiger partial charge < -0.3 is 5.11 Å². The summed E-state index contributed by atoms with van der Waals surface area (Å²) < 4.78 is -0.629. The van der Waals surface area contributed by atoms with Crippen LogP contribution in [0.3, 0.4) is 0 Å². The molecule has 0 aliphatic heterocycles. The Hall–Kier alpha value is -0.180. The van der Waals surface area contributed by atoms with E-state index in [0.717, 1.165) is 12.8 Å². The summed E-state index contributed by atoms with van der Waals surface area (Å²) in [5.74, 6) is -0.193. The van der Waals surface area contributed by atoms with Gasteiger partial charge in [-0.1, -0.05) is 48.0 Å². The fourth-order valence-corrected chi connectivity index (χ4v) is 3.61. The SMILES string of the molecule is CCC(C)CC(CC)(SC(C)(C)C)C(=O)O. The van der Waals surface area contributed by atoms with E-state index in [-0.39, 0.29) is 4.75 Å². The minimum absolute atomic E-state index is 0.0120. The van der Waals surface area contributed by atoms with Crippen molar-refractivity contribution in [1.29, 1.82) is 0 Å². The molecule has 16 heavy (non-hydrogen) atoms. The van der Waals surface area contributed by atoms with Gasteiger partial charge in [0.2, 0.25) is 0 Å². The van der Waals surface area contributed by atoms with E-state index in [2.05, 4.69) is 34.6 Å². The first-order chi connectivity index (χ1) is 7.17. The van der Waals surface area contributed by atoms with E-state index in [1.807, 2.05) is 6.92 Å². The van der Waals surface area contributed by atoms with Gasteiger partial charge in [0, 0.05) is 4.75 Å². The lowest BCUT2D eigenvalue weighted by atomic mass is 9.91. The third-order valence-corrected chi connectivity index (χ3v) is 4.47. The van der Waals surface area contributed by atoms with Gasteiger partial charge in [0.1, 0.15) is 4.75 Å². The monoisotopic (exact) mass is 246 g/mol. The summed E-state index contributed by atoms with van der Waals surface area (Å²) in [7, 11) is 0. The number of carboxylic acids is 1. The molecule has 2 nitrogen and oxygen atoms in total. The van der Waals surface area contributed by atoms with Gasteiger partial charge in [0.15, 0.2) is 0 Å². The molecule has 0 spiro atoms. The van der Waals surface area contributed by atoms with Crippen molar-refractivity contribution in [2.75, 3.05) is 0 Å². The number of carbonyl (C=O) groups is 1. The first-order valence-electron chi connectivity index (χ1n) is 6.10. The summed E-state index contributed by atoms with van der Waals surface area (Å²) in [5, 5.41) is 9.51. The largest absolute Gasteiger partial charge is 0.480 e. The molecule has 0 saturated carbocycles. The summed E-state index contributed by atoms with van der Waals surface area (Å²) >= 11 is 1.60. The Labute approximate surface area is 104 Å². The van der Waals surface area contributed by atoms with Crippen LogP contribution in [0.25, 0.3) is 0 Å². The van der Waals surface area contributed by atoms with Gasteiger partial charge in [0.25, 0.3) is 0 Å². The number of rotatable bonds is 6. The highest BCUT2D eigenvalue weighted by atomic mass is 32.2. The smallest absolute Gasteiger partial charge is 0.319 e. The Morgan fingerprint density at radius 1 is 1.31 bits per heavy atom. The highest BCUT2D eigenvalue weighted by molar-refractivity contribution is 8.02. The number of aliphatic carboxylic acids is 1.